The van der Waals surface area contributed by atoms with E-state index in [1.807, 2.05) is 6.92 Å². The van der Waals surface area contributed by atoms with Crippen molar-refractivity contribution in [3.05, 3.63) is 36.2 Å². The van der Waals surface area contributed by atoms with Crippen molar-refractivity contribution in [1.29, 1.82) is 0 Å². The fourth-order valence-corrected chi connectivity index (χ4v) is 1.71. The smallest absolute Gasteiger partial charge is 0.364 e. The standard InChI is InChI=1S/C13H15N3O3/c1-3-16-12(9(14)8-15-16)13(17)19-11-7-5-4-6-10(11)18-2/h4-8H,3,14H2,1-2H3. The van der Waals surface area contributed by atoms with Crippen LogP contribution in [0.25, 0.3) is 0 Å². The Morgan fingerprint density at radius 3 is 2.68 bits per heavy atom. The SMILES string of the molecule is CCn1ncc(N)c1C(=O)Oc1ccccc1OC. The second kappa shape index (κ2) is 5.43. The molecule has 0 aliphatic carbocycles. The number of carbonyl (C=O) groups excluding carboxylic acids is 1. The van der Waals surface area contributed by atoms with Crippen LogP contribution in [0.2, 0.25) is 0 Å². The number of aryl methyl sites for hydroxylation is 1. The molecule has 0 fully saturated rings. The lowest BCUT2D eigenvalue weighted by Gasteiger charge is -2.09. The van der Waals surface area contributed by atoms with Crippen molar-refractivity contribution in [2.24, 2.45) is 0 Å². The number of benzene rings is 1. The zero-order chi connectivity index (χ0) is 13.8. The van der Waals surface area contributed by atoms with Gasteiger partial charge in [-0.25, -0.2) is 4.79 Å². The minimum Gasteiger partial charge on any atom is -0.493 e. The molecule has 1 aromatic heterocycles. The molecule has 6 nitrogen and oxygen atoms in total. The zero-order valence-electron chi connectivity index (χ0n) is 10.8. The van der Waals surface area contributed by atoms with Crippen molar-refractivity contribution in [3.8, 4) is 11.5 Å². The molecule has 0 saturated heterocycles. The Labute approximate surface area is 110 Å². The first-order valence-corrected chi connectivity index (χ1v) is 5.83. The Kier molecular flexibility index (Phi) is 3.70. The molecule has 0 spiro atoms. The van der Waals surface area contributed by atoms with Gasteiger partial charge in [0.25, 0.3) is 0 Å². The number of ether oxygens (including phenoxy) is 2. The number of nitrogens with two attached hydrogens (primary N) is 1. The van der Waals surface area contributed by atoms with Crippen LogP contribution in [0, 0.1) is 0 Å². The fraction of sp³-hybridized carbons (Fsp3) is 0.231. The van der Waals surface area contributed by atoms with Gasteiger partial charge < -0.3 is 15.2 Å². The number of carbonyl (C=O) groups is 1. The van der Waals surface area contributed by atoms with Crippen LogP contribution in [0.3, 0.4) is 0 Å². The molecule has 2 aromatic rings. The van der Waals surface area contributed by atoms with Gasteiger partial charge in [-0.2, -0.15) is 5.10 Å². The summed E-state index contributed by atoms with van der Waals surface area (Å²) in [7, 11) is 1.51. The Hall–Kier alpha value is -2.50. The summed E-state index contributed by atoms with van der Waals surface area (Å²) in [5, 5.41) is 4.00. The van der Waals surface area contributed by atoms with Crippen LogP contribution in [0.1, 0.15) is 17.4 Å². The van der Waals surface area contributed by atoms with Crippen LogP contribution in [0.5, 0.6) is 11.5 Å². The summed E-state index contributed by atoms with van der Waals surface area (Å²) in [6.07, 6.45) is 1.43. The predicted octanol–water partition coefficient (Wildman–Crippen LogP) is 1.71. The maximum atomic E-state index is 12.1. The molecule has 0 aliphatic rings. The van der Waals surface area contributed by atoms with Crippen LogP contribution < -0.4 is 15.2 Å². The zero-order valence-corrected chi connectivity index (χ0v) is 10.8. The maximum Gasteiger partial charge on any atom is 0.364 e. The summed E-state index contributed by atoms with van der Waals surface area (Å²) < 4.78 is 11.9. The van der Waals surface area contributed by atoms with E-state index in [1.165, 1.54) is 18.0 Å². The number of nitrogens with zero attached hydrogens (tertiary/aromatic N) is 2. The second-order valence-electron chi connectivity index (χ2n) is 3.80. The van der Waals surface area contributed by atoms with E-state index < -0.39 is 5.97 Å². The van der Waals surface area contributed by atoms with Crippen molar-refractivity contribution in [1.82, 2.24) is 9.78 Å². The van der Waals surface area contributed by atoms with Crippen LogP contribution in [0.15, 0.2) is 30.5 Å². The molecule has 0 radical (unpaired) electrons. The van der Waals surface area contributed by atoms with Gasteiger partial charge in [0.2, 0.25) is 0 Å². The molecule has 2 rings (SSSR count). The van der Waals surface area contributed by atoms with Gasteiger partial charge in [-0.3, -0.25) is 4.68 Å². The third-order valence-electron chi connectivity index (χ3n) is 2.63. The Balaban J connectivity index is 2.28. The van der Waals surface area contributed by atoms with Crippen molar-refractivity contribution in [2.75, 3.05) is 12.8 Å². The highest BCUT2D eigenvalue weighted by molar-refractivity contribution is 5.94. The summed E-state index contributed by atoms with van der Waals surface area (Å²) in [6.45, 7) is 2.40. The molecule has 0 saturated carbocycles. The highest BCUT2D eigenvalue weighted by atomic mass is 16.6. The summed E-state index contributed by atoms with van der Waals surface area (Å²) in [6, 6.07) is 6.91. The third kappa shape index (κ3) is 2.52. The van der Waals surface area contributed by atoms with E-state index in [2.05, 4.69) is 5.10 Å². The van der Waals surface area contributed by atoms with Crippen LogP contribution >= 0.6 is 0 Å². The Morgan fingerprint density at radius 1 is 1.37 bits per heavy atom. The number of nitrogen functional groups attached to an aromatic ring is 1. The van der Waals surface area contributed by atoms with Gasteiger partial charge in [-0.15, -0.1) is 0 Å². The van der Waals surface area contributed by atoms with Crippen molar-refractivity contribution < 1.29 is 14.3 Å². The first-order valence-electron chi connectivity index (χ1n) is 5.83. The average Bonchev–Trinajstić information content (AvgIpc) is 2.80. The fourth-order valence-electron chi connectivity index (χ4n) is 1.71. The number of esters is 1. The normalized spacial score (nSPS) is 10.2. The highest BCUT2D eigenvalue weighted by Gasteiger charge is 2.19. The lowest BCUT2D eigenvalue weighted by molar-refractivity contribution is 0.0718. The van der Waals surface area contributed by atoms with Gasteiger partial charge in [-0.1, -0.05) is 12.1 Å². The van der Waals surface area contributed by atoms with Crippen LogP contribution in [-0.2, 0) is 6.54 Å². The van der Waals surface area contributed by atoms with E-state index in [-0.39, 0.29) is 5.69 Å². The lowest BCUT2D eigenvalue weighted by Crippen LogP contribution is -2.17. The summed E-state index contributed by atoms with van der Waals surface area (Å²) >= 11 is 0. The molecule has 2 N–H and O–H groups in total. The van der Waals surface area contributed by atoms with E-state index in [1.54, 1.807) is 24.3 Å². The van der Waals surface area contributed by atoms with Crippen LogP contribution in [-0.4, -0.2) is 22.9 Å². The summed E-state index contributed by atoms with van der Waals surface area (Å²) in [4.78, 5) is 12.1. The van der Waals surface area contributed by atoms with E-state index in [0.29, 0.717) is 23.7 Å². The average molecular weight is 261 g/mol. The molecule has 100 valence electrons. The molecule has 0 unspecified atom stereocenters. The number of anilines is 1. The number of para-hydroxylation sites is 2. The molecule has 0 bridgehead atoms. The minimum atomic E-state index is -0.554. The maximum absolute atomic E-state index is 12.1. The van der Waals surface area contributed by atoms with Crippen molar-refractivity contribution in [2.45, 2.75) is 13.5 Å². The van der Waals surface area contributed by atoms with Crippen molar-refractivity contribution >= 4 is 11.7 Å². The molecule has 1 aromatic carbocycles. The topological polar surface area (TPSA) is 79.4 Å². The number of aromatic nitrogens is 2. The number of methoxy groups -OCH3 is 1. The van der Waals surface area contributed by atoms with Gasteiger partial charge in [0.1, 0.15) is 0 Å². The molecular formula is C13H15N3O3. The number of hydrogen-bond donors (Lipinski definition) is 1. The predicted molar refractivity (Wildman–Crippen MR) is 70.3 cm³/mol. The first-order chi connectivity index (χ1) is 9.17. The molecule has 0 aliphatic heterocycles. The largest absolute Gasteiger partial charge is 0.493 e. The second-order valence-corrected chi connectivity index (χ2v) is 3.80. The lowest BCUT2D eigenvalue weighted by atomic mass is 10.3. The summed E-state index contributed by atoms with van der Waals surface area (Å²) in [5.74, 6) is 0.275. The number of rotatable bonds is 4. The molecule has 0 amide bonds. The molecule has 0 atom stereocenters. The van der Waals surface area contributed by atoms with Crippen molar-refractivity contribution in [3.63, 3.8) is 0 Å². The Bertz CT molecular complexity index is 593. The monoisotopic (exact) mass is 261 g/mol. The van der Waals surface area contributed by atoms with Gasteiger partial charge in [0.05, 0.1) is 19.0 Å². The molecule has 1 heterocycles. The molecule has 6 heteroatoms. The third-order valence-corrected chi connectivity index (χ3v) is 2.63. The highest BCUT2D eigenvalue weighted by Crippen LogP contribution is 2.27. The van der Waals surface area contributed by atoms with E-state index >= 15 is 0 Å². The number of hydrogen-bond acceptors (Lipinski definition) is 5. The molecule has 19 heavy (non-hydrogen) atoms. The summed E-state index contributed by atoms with van der Waals surface area (Å²) in [5.41, 5.74) is 6.26. The van der Waals surface area contributed by atoms with E-state index in [0.717, 1.165) is 0 Å². The Morgan fingerprint density at radius 2 is 2.05 bits per heavy atom. The van der Waals surface area contributed by atoms with Gasteiger partial charge in [0.15, 0.2) is 17.2 Å². The molecular weight excluding hydrogens is 246 g/mol. The van der Waals surface area contributed by atoms with E-state index in [4.69, 9.17) is 15.2 Å². The quantitative estimate of drug-likeness (QED) is 0.669. The van der Waals surface area contributed by atoms with Gasteiger partial charge in [-0.05, 0) is 19.1 Å². The van der Waals surface area contributed by atoms with E-state index in [9.17, 15) is 4.79 Å². The minimum absolute atomic E-state index is 0.244. The van der Waals surface area contributed by atoms with Gasteiger partial charge >= 0.3 is 5.97 Å². The van der Waals surface area contributed by atoms with Gasteiger partial charge in [0, 0.05) is 6.54 Å². The van der Waals surface area contributed by atoms with Crippen LogP contribution in [0.4, 0.5) is 5.69 Å². The first kappa shape index (κ1) is 12.9.